The first-order valence-corrected chi connectivity index (χ1v) is 18.7. The minimum absolute atomic E-state index is 0.0424. The van der Waals surface area contributed by atoms with Gasteiger partial charge in [-0.3, -0.25) is 0 Å². The molecule has 3 heterocycles. The number of hydrogen-bond donors (Lipinski definition) is 0. The van der Waals surface area contributed by atoms with Crippen LogP contribution in [0, 0.1) is 6.92 Å². The number of ether oxygens (including phenoxy) is 1. The molecular formula is C50H33N3O2. The molecule has 1 aliphatic carbocycles. The van der Waals surface area contributed by atoms with Crippen molar-refractivity contribution < 1.29 is 9.15 Å². The average Bonchev–Trinajstić information content (AvgIpc) is 3.82. The molecule has 11 rings (SSSR count). The van der Waals surface area contributed by atoms with Gasteiger partial charge >= 0.3 is 0 Å². The summed E-state index contributed by atoms with van der Waals surface area (Å²) in [4.78, 5) is 15.7. The lowest BCUT2D eigenvalue weighted by atomic mass is 9.86. The average molecular weight is 708 g/mol. The van der Waals surface area contributed by atoms with Gasteiger partial charge in [0.2, 0.25) is 0 Å². The van der Waals surface area contributed by atoms with Gasteiger partial charge in [0.1, 0.15) is 23.0 Å². The largest absolute Gasteiger partial charge is 0.485 e. The molecule has 2 aromatic heterocycles. The molecule has 260 valence electrons. The summed E-state index contributed by atoms with van der Waals surface area (Å²) in [6.07, 6.45) is 5.21. The second-order valence-electron chi connectivity index (χ2n) is 14.4. The van der Waals surface area contributed by atoms with Crippen LogP contribution in [0.4, 0.5) is 0 Å². The van der Waals surface area contributed by atoms with Crippen molar-refractivity contribution in [3.8, 4) is 51.0 Å². The van der Waals surface area contributed by atoms with Crippen molar-refractivity contribution in [2.75, 3.05) is 0 Å². The molecule has 5 nitrogen and oxygen atoms in total. The van der Waals surface area contributed by atoms with Crippen molar-refractivity contribution in [1.82, 2.24) is 15.0 Å². The van der Waals surface area contributed by atoms with E-state index in [1.54, 1.807) is 0 Å². The highest BCUT2D eigenvalue weighted by atomic mass is 16.5. The summed E-state index contributed by atoms with van der Waals surface area (Å²) < 4.78 is 13.1. The van der Waals surface area contributed by atoms with E-state index in [-0.39, 0.29) is 6.10 Å². The number of benzene rings is 7. The minimum atomic E-state index is -0.0424. The predicted octanol–water partition coefficient (Wildman–Crippen LogP) is 12.5. The first-order valence-electron chi connectivity index (χ1n) is 18.7. The Kier molecular flexibility index (Phi) is 7.14. The number of aryl methyl sites for hydroxylation is 1. The zero-order chi connectivity index (χ0) is 36.5. The summed E-state index contributed by atoms with van der Waals surface area (Å²) in [5, 5.41) is 4.26. The van der Waals surface area contributed by atoms with Crippen LogP contribution in [0.1, 0.15) is 23.1 Å². The van der Waals surface area contributed by atoms with Gasteiger partial charge in [0, 0.05) is 45.0 Å². The number of aromatic nitrogens is 3. The molecular weight excluding hydrogens is 675 g/mol. The standard InChI is InChI=1S/C50H33N3O2/c1-30-11-9-14-34(25-30)48-51-49(35-24-22-32-21-23-33(26-36(32)27-35)31-12-3-2-4-13-31)53-50(52-48)41-28-37(29-45-47(41)40-16-6-8-19-43(40)55-45)38-17-10-20-44-46(38)39-15-5-7-18-42(39)54-44/h2-19,21-29,44H,20H2,1H3. The summed E-state index contributed by atoms with van der Waals surface area (Å²) in [7, 11) is 0. The third kappa shape index (κ3) is 5.35. The van der Waals surface area contributed by atoms with E-state index in [0.717, 1.165) is 89.4 Å². The van der Waals surface area contributed by atoms with E-state index in [1.807, 2.05) is 24.3 Å². The second-order valence-corrected chi connectivity index (χ2v) is 14.4. The van der Waals surface area contributed by atoms with E-state index in [4.69, 9.17) is 24.1 Å². The van der Waals surface area contributed by atoms with Gasteiger partial charge in [0.05, 0.1) is 0 Å². The maximum Gasteiger partial charge on any atom is 0.164 e. The van der Waals surface area contributed by atoms with E-state index in [9.17, 15) is 0 Å². The lowest BCUT2D eigenvalue weighted by molar-refractivity contribution is 0.279. The van der Waals surface area contributed by atoms with Crippen LogP contribution in [-0.2, 0) is 0 Å². The van der Waals surface area contributed by atoms with Crippen LogP contribution in [0.25, 0.3) is 89.1 Å². The number of furan rings is 1. The molecule has 2 aliphatic rings. The summed E-state index contributed by atoms with van der Waals surface area (Å²) >= 11 is 0. The SMILES string of the molecule is Cc1cccc(-c2nc(-c3ccc4ccc(-c5ccccc5)cc4c3)nc(-c3cc(C4=C5c6ccccc6OC5CC=C4)cc4oc5ccccc5c34)n2)c1. The number of fused-ring (bicyclic) bond motifs is 7. The minimum Gasteiger partial charge on any atom is -0.485 e. The number of allylic oxidation sites excluding steroid dienone is 2. The van der Waals surface area contributed by atoms with Crippen molar-refractivity contribution in [2.45, 2.75) is 19.4 Å². The fourth-order valence-electron chi connectivity index (χ4n) is 8.23. The van der Waals surface area contributed by atoms with Crippen LogP contribution in [0.2, 0.25) is 0 Å². The zero-order valence-electron chi connectivity index (χ0n) is 30.0. The Balaban J connectivity index is 1.16. The molecule has 1 aliphatic heterocycles. The van der Waals surface area contributed by atoms with Crippen LogP contribution < -0.4 is 4.74 Å². The maximum absolute atomic E-state index is 6.62. The van der Waals surface area contributed by atoms with E-state index in [1.165, 1.54) is 11.1 Å². The lowest BCUT2D eigenvalue weighted by Crippen LogP contribution is -2.14. The Morgan fingerprint density at radius 1 is 0.527 bits per heavy atom. The molecule has 1 atom stereocenters. The molecule has 0 radical (unpaired) electrons. The fraction of sp³-hybridized carbons (Fsp3) is 0.0600. The quantitative estimate of drug-likeness (QED) is 0.178. The van der Waals surface area contributed by atoms with Gasteiger partial charge in [-0.05, 0) is 82.4 Å². The highest BCUT2D eigenvalue weighted by Crippen LogP contribution is 2.47. The third-order valence-corrected chi connectivity index (χ3v) is 10.8. The molecule has 0 amide bonds. The lowest BCUT2D eigenvalue weighted by Gasteiger charge is -2.19. The number of hydrogen-bond acceptors (Lipinski definition) is 5. The third-order valence-electron chi connectivity index (χ3n) is 10.8. The number of para-hydroxylation sites is 2. The molecule has 0 saturated heterocycles. The maximum atomic E-state index is 6.62. The first kappa shape index (κ1) is 31.4. The number of nitrogens with zero attached hydrogens (tertiary/aromatic N) is 3. The Bertz CT molecular complexity index is 3070. The van der Waals surface area contributed by atoms with Crippen LogP contribution in [0.5, 0.6) is 5.75 Å². The van der Waals surface area contributed by atoms with Gasteiger partial charge < -0.3 is 9.15 Å². The highest BCUT2D eigenvalue weighted by molar-refractivity contribution is 6.14. The van der Waals surface area contributed by atoms with Gasteiger partial charge in [0.15, 0.2) is 17.5 Å². The van der Waals surface area contributed by atoms with Crippen LogP contribution in [-0.4, -0.2) is 21.1 Å². The molecule has 55 heavy (non-hydrogen) atoms. The van der Waals surface area contributed by atoms with Gasteiger partial charge in [-0.25, -0.2) is 15.0 Å². The molecule has 7 aromatic carbocycles. The molecule has 0 spiro atoms. The highest BCUT2D eigenvalue weighted by Gasteiger charge is 2.32. The molecule has 0 N–H and O–H groups in total. The van der Waals surface area contributed by atoms with Crippen LogP contribution >= 0.6 is 0 Å². The summed E-state index contributed by atoms with van der Waals surface area (Å²) in [6.45, 7) is 2.09. The van der Waals surface area contributed by atoms with Crippen LogP contribution in [0.3, 0.4) is 0 Å². The summed E-state index contributed by atoms with van der Waals surface area (Å²) in [6, 6.07) is 52.8. The molecule has 0 fully saturated rings. The Morgan fingerprint density at radius 2 is 1.25 bits per heavy atom. The van der Waals surface area contributed by atoms with E-state index >= 15 is 0 Å². The smallest absolute Gasteiger partial charge is 0.164 e. The molecule has 1 unspecified atom stereocenters. The van der Waals surface area contributed by atoms with Crippen molar-refractivity contribution in [1.29, 1.82) is 0 Å². The summed E-state index contributed by atoms with van der Waals surface area (Å²) in [5.41, 5.74) is 12.3. The predicted molar refractivity (Wildman–Crippen MR) is 223 cm³/mol. The Morgan fingerprint density at radius 3 is 2.13 bits per heavy atom. The zero-order valence-corrected chi connectivity index (χ0v) is 30.0. The van der Waals surface area contributed by atoms with Crippen molar-refractivity contribution in [2.24, 2.45) is 0 Å². The molecule has 9 aromatic rings. The van der Waals surface area contributed by atoms with Gasteiger partial charge in [-0.1, -0.05) is 127 Å². The van der Waals surface area contributed by atoms with Gasteiger partial charge in [0.25, 0.3) is 0 Å². The number of rotatable bonds is 5. The van der Waals surface area contributed by atoms with E-state index < -0.39 is 0 Å². The van der Waals surface area contributed by atoms with E-state index in [0.29, 0.717) is 17.5 Å². The van der Waals surface area contributed by atoms with Crippen molar-refractivity contribution >= 4 is 43.9 Å². The van der Waals surface area contributed by atoms with Crippen molar-refractivity contribution in [3.63, 3.8) is 0 Å². The monoisotopic (exact) mass is 707 g/mol. The Labute approximate surface area is 317 Å². The second kappa shape index (κ2) is 12.5. The van der Waals surface area contributed by atoms with Crippen molar-refractivity contribution in [3.05, 3.63) is 181 Å². The first-order chi connectivity index (χ1) is 27.1. The topological polar surface area (TPSA) is 61.0 Å². The normalized spacial score (nSPS) is 14.7. The van der Waals surface area contributed by atoms with Crippen LogP contribution in [0.15, 0.2) is 168 Å². The summed E-state index contributed by atoms with van der Waals surface area (Å²) in [5.74, 6) is 2.73. The molecule has 5 heteroatoms. The van der Waals surface area contributed by atoms with Gasteiger partial charge in [-0.2, -0.15) is 0 Å². The van der Waals surface area contributed by atoms with E-state index in [2.05, 4.69) is 146 Å². The molecule has 0 saturated carbocycles. The molecule has 0 bridgehead atoms. The van der Waals surface area contributed by atoms with Gasteiger partial charge in [-0.15, -0.1) is 0 Å². The fourth-order valence-corrected chi connectivity index (χ4v) is 8.23. The Hall–Kier alpha value is -7.11.